The third-order valence-electron chi connectivity index (χ3n) is 7.95. The number of rotatable bonds is 12. The second-order valence-corrected chi connectivity index (χ2v) is 12.0. The zero-order chi connectivity index (χ0) is 27.4. The fraction of sp³-hybridized carbons (Fsp3) is 0.531. The fourth-order valence-corrected chi connectivity index (χ4v) is 5.55. The number of fused-ring (bicyclic) bond motifs is 2. The number of nitrogens with zero attached hydrogens (tertiary/aromatic N) is 6. The number of carbonyl (C=O) groups is 1. The maximum Gasteiger partial charge on any atom is 0.255 e. The van der Waals surface area contributed by atoms with Crippen LogP contribution in [0.3, 0.4) is 0 Å². The summed E-state index contributed by atoms with van der Waals surface area (Å²) < 4.78 is 4.22. The number of amides is 1. The quantitative estimate of drug-likeness (QED) is 0.219. The molecule has 1 saturated heterocycles. The average molecular weight is 529 g/mol. The number of imidazole rings is 2. The summed E-state index contributed by atoms with van der Waals surface area (Å²) in [6.07, 6.45) is 14.6. The Labute approximate surface area is 232 Å². The summed E-state index contributed by atoms with van der Waals surface area (Å²) in [7, 11) is 0. The summed E-state index contributed by atoms with van der Waals surface area (Å²) in [6.45, 7) is 14.0. The van der Waals surface area contributed by atoms with Crippen LogP contribution in [-0.2, 0) is 6.42 Å². The maximum absolute atomic E-state index is 13.8. The van der Waals surface area contributed by atoms with Gasteiger partial charge in [-0.15, -0.1) is 0 Å². The molecule has 0 radical (unpaired) electrons. The van der Waals surface area contributed by atoms with Gasteiger partial charge in [-0.1, -0.05) is 27.7 Å². The number of carbonyl (C=O) groups excluding carboxylic acids is 1. The van der Waals surface area contributed by atoms with Crippen molar-refractivity contribution in [2.24, 2.45) is 11.8 Å². The molecule has 0 N–H and O–H groups in total. The molecule has 0 atom stereocenters. The molecular weight excluding hydrogens is 484 g/mol. The normalized spacial score (nSPS) is 14.4. The highest BCUT2D eigenvalue weighted by molar-refractivity contribution is 5.94. The van der Waals surface area contributed by atoms with E-state index >= 15 is 0 Å². The summed E-state index contributed by atoms with van der Waals surface area (Å²) in [4.78, 5) is 27.9. The van der Waals surface area contributed by atoms with Crippen LogP contribution in [0.5, 0.6) is 0 Å². The van der Waals surface area contributed by atoms with E-state index in [0.717, 1.165) is 73.4 Å². The van der Waals surface area contributed by atoms with Crippen LogP contribution in [-0.4, -0.2) is 67.2 Å². The first-order chi connectivity index (χ1) is 18.9. The minimum atomic E-state index is 0.122. The van der Waals surface area contributed by atoms with Gasteiger partial charge < -0.3 is 18.6 Å². The number of pyridine rings is 2. The molecule has 0 aliphatic carbocycles. The van der Waals surface area contributed by atoms with Crippen molar-refractivity contribution < 1.29 is 4.79 Å². The zero-order valence-corrected chi connectivity index (χ0v) is 24.1. The lowest BCUT2D eigenvalue weighted by Gasteiger charge is -2.24. The topological polar surface area (TPSA) is 58.2 Å². The molecule has 0 unspecified atom stereocenters. The Balaban J connectivity index is 1.48. The Hall–Kier alpha value is -3.19. The van der Waals surface area contributed by atoms with Crippen LogP contribution in [0.15, 0.2) is 49.1 Å². The molecule has 39 heavy (non-hydrogen) atoms. The number of hydrogen-bond donors (Lipinski definition) is 0. The van der Waals surface area contributed by atoms with Gasteiger partial charge in [-0.3, -0.25) is 4.79 Å². The van der Waals surface area contributed by atoms with Crippen LogP contribution in [0.4, 0.5) is 0 Å². The van der Waals surface area contributed by atoms with Gasteiger partial charge >= 0.3 is 0 Å². The summed E-state index contributed by atoms with van der Waals surface area (Å²) in [5, 5.41) is 0. The lowest BCUT2D eigenvalue weighted by molar-refractivity contribution is 0.0740. The largest absolute Gasteiger partial charge is 0.339 e. The third kappa shape index (κ3) is 6.52. The van der Waals surface area contributed by atoms with Crippen LogP contribution in [0.25, 0.3) is 22.6 Å². The van der Waals surface area contributed by atoms with Gasteiger partial charge in [0, 0.05) is 43.4 Å². The second-order valence-electron chi connectivity index (χ2n) is 12.0. The summed E-state index contributed by atoms with van der Waals surface area (Å²) in [5.41, 5.74) is 5.80. The van der Waals surface area contributed by atoms with E-state index in [1.807, 2.05) is 41.2 Å². The molecule has 1 fully saturated rings. The number of likely N-dealkylation sites (tertiary alicyclic amines) is 1. The van der Waals surface area contributed by atoms with E-state index in [2.05, 4.69) is 59.1 Å². The van der Waals surface area contributed by atoms with Gasteiger partial charge in [0.05, 0.1) is 17.0 Å². The Bertz CT molecular complexity index is 1380. The number of aromatic nitrogens is 4. The van der Waals surface area contributed by atoms with E-state index in [0.29, 0.717) is 11.8 Å². The van der Waals surface area contributed by atoms with E-state index in [1.54, 1.807) is 0 Å². The number of hydrogen-bond acceptors (Lipinski definition) is 4. The summed E-state index contributed by atoms with van der Waals surface area (Å²) in [5.74, 6) is 1.25. The van der Waals surface area contributed by atoms with Gasteiger partial charge in [0.2, 0.25) is 0 Å². The van der Waals surface area contributed by atoms with Crippen LogP contribution >= 0.6 is 0 Å². The minimum absolute atomic E-state index is 0.122. The highest BCUT2D eigenvalue weighted by Crippen LogP contribution is 2.27. The molecule has 0 spiro atoms. The van der Waals surface area contributed by atoms with Crippen molar-refractivity contribution in [3.05, 3.63) is 60.3 Å². The van der Waals surface area contributed by atoms with E-state index in [-0.39, 0.29) is 5.91 Å². The molecule has 4 aromatic heterocycles. The van der Waals surface area contributed by atoms with Crippen LogP contribution in [0.1, 0.15) is 75.9 Å². The molecule has 7 nitrogen and oxygen atoms in total. The average Bonchev–Trinajstić information content (AvgIpc) is 3.68. The van der Waals surface area contributed by atoms with Gasteiger partial charge in [0.15, 0.2) is 0 Å². The molecule has 1 aliphatic rings. The lowest BCUT2D eigenvalue weighted by atomic mass is 10.1. The Morgan fingerprint density at radius 1 is 0.949 bits per heavy atom. The van der Waals surface area contributed by atoms with Crippen molar-refractivity contribution in [2.45, 2.75) is 66.2 Å². The van der Waals surface area contributed by atoms with E-state index in [9.17, 15) is 4.79 Å². The van der Waals surface area contributed by atoms with Crippen molar-refractivity contribution in [3.8, 4) is 11.3 Å². The van der Waals surface area contributed by atoms with Gasteiger partial charge in [-0.2, -0.15) is 0 Å². The Morgan fingerprint density at radius 2 is 1.67 bits per heavy atom. The zero-order valence-electron chi connectivity index (χ0n) is 24.1. The van der Waals surface area contributed by atoms with Crippen molar-refractivity contribution in [2.75, 3.05) is 32.7 Å². The third-order valence-corrected chi connectivity index (χ3v) is 7.95. The van der Waals surface area contributed by atoms with Crippen molar-refractivity contribution in [1.82, 2.24) is 28.6 Å². The molecule has 0 aromatic carbocycles. The molecule has 208 valence electrons. The van der Waals surface area contributed by atoms with Gasteiger partial charge in [0.1, 0.15) is 11.3 Å². The first-order valence-corrected chi connectivity index (χ1v) is 14.8. The molecule has 1 amide bonds. The lowest BCUT2D eigenvalue weighted by Crippen LogP contribution is -2.34. The SMILES string of the molecule is CC(C)CCN(CCC(C)C)C(=O)c1ccc2nc(-c3ccc4nccn4c3)c(CCCN3CCCC3)n2c1. The first-order valence-electron chi connectivity index (χ1n) is 14.8. The molecule has 0 bridgehead atoms. The fourth-order valence-electron chi connectivity index (χ4n) is 5.55. The molecular formula is C32H44N6O. The molecule has 1 aliphatic heterocycles. The predicted octanol–water partition coefficient (Wildman–Crippen LogP) is 6.21. The van der Waals surface area contributed by atoms with E-state index in [4.69, 9.17) is 4.98 Å². The highest BCUT2D eigenvalue weighted by atomic mass is 16.2. The smallest absolute Gasteiger partial charge is 0.255 e. The Kier molecular flexibility index (Phi) is 8.66. The number of aryl methyl sites for hydroxylation is 1. The van der Waals surface area contributed by atoms with E-state index < -0.39 is 0 Å². The maximum atomic E-state index is 13.8. The molecule has 0 saturated carbocycles. The molecule has 4 aromatic rings. The van der Waals surface area contributed by atoms with Gasteiger partial charge in [0.25, 0.3) is 5.91 Å². The first kappa shape index (κ1) is 27.4. The molecule has 5 heterocycles. The second kappa shape index (κ2) is 12.3. The van der Waals surface area contributed by atoms with E-state index in [1.165, 1.54) is 31.6 Å². The van der Waals surface area contributed by atoms with Crippen molar-refractivity contribution in [3.63, 3.8) is 0 Å². The van der Waals surface area contributed by atoms with Crippen LogP contribution in [0, 0.1) is 11.8 Å². The Morgan fingerprint density at radius 3 is 2.38 bits per heavy atom. The monoisotopic (exact) mass is 528 g/mol. The standard InChI is InChI=1S/C32H44N6O/c1-24(2)13-19-36(20-14-25(3)4)32(39)27-10-12-30-34-31(26-9-11-29-33-15-21-37(29)22-26)28(38(30)23-27)8-7-18-35-16-5-6-17-35/h9-12,15,21-25H,5-8,13-14,16-20H2,1-4H3. The van der Waals surface area contributed by atoms with Crippen LogP contribution < -0.4 is 0 Å². The highest BCUT2D eigenvalue weighted by Gasteiger charge is 2.21. The summed E-state index contributed by atoms with van der Waals surface area (Å²) >= 11 is 0. The van der Waals surface area contributed by atoms with Crippen molar-refractivity contribution in [1.29, 1.82) is 0 Å². The minimum Gasteiger partial charge on any atom is -0.339 e. The van der Waals surface area contributed by atoms with Gasteiger partial charge in [-0.25, -0.2) is 9.97 Å². The summed E-state index contributed by atoms with van der Waals surface area (Å²) in [6, 6.07) is 8.13. The molecule has 7 heteroatoms. The molecule has 5 rings (SSSR count). The van der Waals surface area contributed by atoms with Gasteiger partial charge in [-0.05, 0) is 94.3 Å². The van der Waals surface area contributed by atoms with Crippen LogP contribution in [0.2, 0.25) is 0 Å². The van der Waals surface area contributed by atoms with Crippen molar-refractivity contribution >= 4 is 17.2 Å². The predicted molar refractivity (Wildman–Crippen MR) is 158 cm³/mol.